The molecule has 0 bridgehead atoms. The predicted octanol–water partition coefficient (Wildman–Crippen LogP) is 4.43. The van der Waals surface area contributed by atoms with Crippen LogP contribution in [0.5, 0.6) is 0 Å². The maximum Gasteiger partial charge on any atom is 0.416 e. The van der Waals surface area contributed by atoms with Gasteiger partial charge in [0.15, 0.2) is 0 Å². The van der Waals surface area contributed by atoms with Gasteiger partial charge in [-0.1, -0.05) is 41.9 Å². The van der Waals surface area contributed by atoms with Crippen molar-refractivity contribution in [2.24, 2.45) is 0 Å². The fraction of sp³-hybridized carbons (Fsp3) is 0.235. The van der Waals surface area contributed by atoms with E-state index < -0.39 is 11.7 Å². The minimum Gasteiger partial charge on any atom is -0.324 e. The van der Waals surface area contributed by atoms with Crippen molar-refractivity contribution in [3.63, 3.8) is 0 Å². The number of anilines is 1. The van der Waals surface area contributed by atoms with Crippen LogP contribution in [0.4, 0.5) is 18.9 Å². The van der Waals surface area contributed by atoms with Crippen molar-refractivity contribution in [1.82, 2.24) is 4.90 Å². The van der Waals surface area contributed by atoms with E-state index in [1.54, 1.807) is 37.4 Å². The molecule has 0 saturated heterocycles. The molecule has 0 spiro atoms. The molecule has 2 aromatic rings. The van der Waals surface area contributed by atoms with Crippen LogP contribution in [0.15, 0.2) is 48.5 Å². The molecule has 2 aromatic carbocycles. The van der Waals surface area contributed by atoms with E-state index in [0.29, 0.717) is 10.7 Å². The Balaban J connectivity index is 2.00. The van der Waals surface area contributed by atoms with Gasteiger partial charge in [0.2, 0.25) is 5.91 Å². The molecule has 24 heavy (non-hydrogen) atoms. The van der Waals surface area contributed by atoms with Crippen LogP contribution in [0.1, 0.15) is 11.1 Å². The van der Waals surface area contributed by atoms with Gasteiger partial charge in [0.05, 0.1) is 22.8 Å². The third-order valence-corrected chi connectivity index (χ3v) is 3.65. The molecule has 1 amide bonds. The van der Waals surface area contributed by atoms with E-state index in [4.69, 9.17) is 11.6 Å². The molecule has 0 aliphatic carbocycles. The molecule has 0 aliphatic heterocycles. The summed E-state index contributed by atoms with van der Waals surface area (Å²) in [6.45, 7) is -0.0525. The highest BCUT2D eigenvalue weighted by atomic mass is 35.5. The van der Waals surface area contributed by atoms with Gasteiger partial charge in [-0.25, -0.2) is 0 Å². The molecule has 0 aliphatic rings. The second-order valence-corrected chi connectivity index (χ2v) is 5.76. The van der Waals surface area contributed by atoms with Crippen molar-refractivity contribution in [2.45, 2.75) is 12.7 Å². The number of hydrogen-bond donors (Lipinski definition) is 1. The molecule has 128 valence electrons. The molecule has 0 radical (unpaired) electrons. The normalized spacial score (nSPS) is 11.6. The predicted molar refractivity (Wildman–Crippen MR) is 87.9 cm³/mol. The van der Waals surface area contributed by atoms with Crippen molar-refractivity contribution >= 4 is 23.2 Å². The van der Waals surface area contributed by atoms with Gasteiger partial charge >= 0.3 is 6.18 Å². The number of nitrogens with zero attached hydrogens (tertiary/aromatic N) is 1. The Bertz CT molecular complexity index is 719. The number of para-hydroxylation sites is 1. The Hall–Kier alpha value is -2.05. The first-order chi connectivity index (χ1) is 11.3. The third-order valence-electron chi connectivity index (χ3n) is 3.32. The summed E-state index contributed by atoms with van der Waals surface area (Å²) in [5.41, 5.74) is -0.102. The van der Waals surface area contributed by atoms with Crippen LogP contribution in [-0.2, 0) is 17.5 Å². The number of amides is 1. The summed E-state index contributed by atoms with van der Waals surface area (Å²) in [6.07, 6.45) is -4.42. The second kappa shape index (κ2) is 7.68. The lowest BCUT2D eigenvalue weighted by atomic mass is 10.1. The highest BCUT2D eigenvalue weighted by Gasteiger charge is 2.33. The monoisotopic (exact) mass is 356 g/mol. The van der Waals surface area contributed by atoms with Gasteiger partial charge in [-0.05, 0) is 30.8 Å². The van der Waals surface area contributed by atoms with Gasteiger partial charge in [-0.15, -0.1) is 0 Å². The highest BCUT2D eigenvalue weighted by Crippen LogP contribution is 2.32. The molecule has 0 atom stereocenters. The zero-order valence-corrected chi connectivity index (χ0v) is 13.7. The van der Waals surface area contributed by atoms with Crippen LogP contribution >= 0.6 is 11.6 Å². The molecule has 0 heterocycles. The number of rotatable bonds is 5. The number of likely N-dealkylation sites (N-methyl/N-ethyl adjacent to an activating group) is 1. The summed E-state index contributed by atoms with van der Waals surface area (Å²) in [7, 11) is 1.58. The molecular formula is C17H16ClF3N2O. The van der Waals surface area contributed by atoms with E-state index in [0.717, 1.165) is 6.07 Å². The molecular weight excluding hydrogens is 341 g/mol. The Morgan fingerprint density at radius 1 is 1.12 bits per heavy atom. The van der Waals surface area contributed by atoms with Gasteiger partial charge in [-0.2, -0.15) is 13.2 Å². The average Bonchev–Trinajstić information content (AvgIpc) is 2.49. The van der Waals surface area contributed by atoms with Crippen LogP contribution in [0.3, 0.4) is 0 Å². The number of nitrogens with one attached hydrogen (secondary N) is 1. The molecule has 7 heteroatoms. The smallest absolute Gasteiger partial charge is 0.324 e. The zero-order valence-electron chi connectivity index (χ0n) is 12.9. The number of halogens is 4. The van der Waals surface area contributed by atoms with E-state index in [1.165, 1.54) is 17.0 Å². The highest BCUT2D eigenvalue weighted by molar-refractivity contribution is 6.33. The largest absolute Gasteiger partial charge is 0.416 e. The third kappa shape index (κ3) is 4.97. The molecule has 0 fully saturated rings. The average molecular weight is 357 g/mol. The van der Waals surface area contributed by atoms with Crippen LogP contribution in [-0.4, -0.2) is 24.4 Å². The van der Waals surface area contributed by atoms with E-state index in [2.05, 4.69) is 5.32 Å². The number of benzene rings is 2. The Kier molecular flexibility index (Phi) is 5.85. The fourth-order valence-electron chi connectivity index (χ4n) is 2.28. The molecule has 1 N–H and O–H groups in total. The maximum absolute atomic E-state index is 13.0. The van der Waals surface area contributed by atoms with Crippen molar-refractivity contribution in [1.29, 1.82) is 0 Å². The Morgan fingerprint density at radius 2 is 1.75 bits per heavy atom. The lowest BCUT2D eigenvalue weighted by Crippen LogP contribution is -2.30. The molecule has 0 unspecified atom stereocenters. The summed E-state index contributed by atoms with van der Waals surface area (Å²) in [5.74, 6) is -0.352. The first-order valence-corrected chi connectivity index (χ1v) is 7.53. The lowest BCUT2D eigenvalue weighted by Gasteiger charge is -2.19. The van der Waals surface area contributed by atoms with Gasteiger partial charge in [0.1, 0.15) is 0 Å². The van der Waals surface area contributed by atoms with Crippen molar-refractivity contribution in [3.05, 3.63) is 64.7 Å². The fourth-order valence-corrected chi connectivity index (χ4v) is 2.46. The molecule has 0 aromatic heterocycles. The standard InChI is InChI=1S/C17H16ClF3N2O/c1-23(10-12-6-2-3-7-13(12)17(19,20)21)11-16(24)22-15-9-5-4-8-14(15)18/h2-9H,10-11H2,1H3,(H,22,24). The summed E-state index contributed by atoms with van der Waals surface area (Å²) in [6, 6.07) is 12.1. The van der Waals surface area contributed by atoms with Crippen LogP contribution in [0.2, 0.25) is 5.02 Å². The number of hydrogen-bond acceptors (Lipinski definition) is 2. The van der Waals surface area contributed by atoms with Crippen LogP contribution < -0.4 is 5.32 Å². The van der Waals surface area contributed by atoms with E-state index in [-0.39, 0.29) is 24.6 Å². The quantitative estimate of drug-likeness (QED) is 0.859. The van der Waals surface area contributed by atoms with Gasteiger partial charge in [0.25, 0.3) is 0 Å². The van der Waals surface area contributed by atoms with Crippen LogP contribution in [0.25, 0.3) is 0 Å². The maximum atomic E-state index is 13.0. The second-order valence-electron chi connectivity index (χ2n) is 5.36. The zero-order chi connectivity index (χ0) is 17.7. The SMILES string of the molecule is CN(CC(=O)Nc1ccccc1Cl)Cc1ccccc1C(F)(F)F. The van der Waals surface area contributed by atoms with Crippen LogP contribution in [0, 0.1) is 0 Å². The van der Waals surface area contributed by atoms with Gasteiger partial charge in [0, 0.05) is 6.54 Å². The number of alkyl halides is 3. The summed E-state index contributed by atoms with van der Waals surface area (Å²) in [5, 5.41) is 3.04. The minimum atomic E-state index is -4.42. The Morgan fingerprint density at radius 3 is 2.42 bits per heavy atom. The van der Waals surface area contributed by atoms with Gasteiger partial charge < -0.3 is 5.32 Å². The first kappa shape index (κ1) is 18.3. The molecule has 2 rings (SSSR count). The summed E-state index contributed by atoms with van der Waals surface area (Å²) in [4.78, 5) is 13.5. The van der Waals surface area contributed by atoms with Crippen molar-refractivity contribution in [2.75, 3.05) is 18.9 Å². The Labute approximate surface area is 143 Å². The first-order valence-electron chi connectivity index (χ1n) is 7.15. The summed E-state index contributed by atoms with van der Waals surface area (Å²) < 4.78 is 38.9. The summed E-state index contributed by atoms with van der Waals surface area (Å²) >= 11 is 5.95. The van der Waals surface area contributed by atoms with Gasteiger partial charge in [-0.3, -0.25) is 9.69 Å². The number of carbonyl (C=O) groups excluding carboxylic acids is 1. The van der Waals surface area contributed by atoms with E-state index in [9.17, 15) is 18.0 Å². The van der Waals surface area contributed by atoms with E-state index >= 15 is 0 Å². The minimum absolute atomic E-state index is 0.00558. The topological polar surface area (TPSA) is 32.3 Å². The van der Waals surface area contributed by atoms with Crippen molar-refractivity contribution < 1.29 is 18.0 Å². The van der Waals surface area contributed by atoms with Crippen molar-refractivity contribution in [3.8, 4) is 0 Å². The molecule has 3 nitrogen and oxygen atoms in total. The number of carbonyl (C=O) groups is 1. The van der Waals surface area contributed by atoms with E-state index in [1.807, 2.05) is 0 Å². The lowest BCUT2D eigenvalue weighted by molar-refractivity contribution is -0.138. The molecule has 0 saturated carbocycles.